The summed E-state index contributed by atoms with van der Waals surface area (Å²) in [5.74, 6) is -0.557. The lowest BCUT2D eigenvalue weighted by Crippen LogP contribution is -2.37. The lowest BCUT2D eigenvalue weighted by atomic mass is 10.2. The van der Waals surface area contributed by atoms with Crippen molar-refractivity contribution in [3.63, 3.8) is 0 Å². The average molecular weight is 250 g/mol. The van der Waals surface area contributed by atoms with Crippen LogP contribution in [0.4, 0.5) is 5.69 Å². The summed E-state index contributed by atoms with van der Waals surface area (Å²) in [4.78, 5) is 27.1. The molecule has 18 heavy (non-hydrogen) atoms. The van der Waals surface area contributed by atoms with Gasteiger partial charge in [-0.3, -0.25) is 14.6 Å². The van der Waals surface area contributed by atoms with Gasteiger partial charge < -0.3 is 16.4 Å². The van der Waals surface area contributed by atoms with Crippen LogP contribution in [0.3, 0.4) is 0 Å². The van der Waals surface area contributed by atoms with E-state index in [-0.39, 0.29) is 18.4 Å². The third-order valence-corrected chi connectivity index (χ3v) is 2.33. The highest BCUT2D eigenvalue weighted by molar-refractivity contribution is 5.97. The van der Waals surface area contributed by atoms with Gasteiger partial charge in [0.25, 0.3) is 5.91 Å². The molecular formula is C12H18N4O2. The number of anilines is 1. The zero-order valence-corrected chi connectivity index (χ0v) is 10.6. The molecule has 0 spiro atoms. The van der Waals surface area contributed by atoms with Crippen molar-refractivity contribution in [2.24, 2.45) is 0 Å². The molecule has 1 aromatic rings. The summed E-state index contributed by atoms with van der Waals surface area (Å²) in [5.41, 5.74) is 6.95. The molecule has 1 aromatic heterocycles. The summed E-state index contributed by atoms with van der Waals surface area (Å²) in [7, 11) is 0. The second-order valence-corrected chi connectivity index (χ2v) is 3.93. The molecule has 2 amide bonds. The number of hydrogen-bond acceptors (Lipinski definition) is 4. The number of rotatable bonds is 5. The largest absolute Gasteiger partial charge is 0.397 e. The summed E-state index contributed by atoms with van der Waals surface area (Å²) in [6.45, 7) is 4.23. The van der Waals surface area contributed by atoms with Crippen molar-refractivity contribution in [1.82, 2.24) is 15.6 Å². The van der Waals surface area contributed by atoms with Crippen molar-refractivity contribution in [3.05, 3.63) is 23.5 Å². The van der Waals surface area contributed by atoms with E-state index in [2.05, 4.69) is 15.6 Å². The second kappa shape index (κ2) is 6.58. The molecule has 0 aliphatic heterocycles. The standard InChI is InChI=1S/C12H18N4O2/c1-3-4-14-11(17)7-16-12(18)10-5-9(13)6-15-8(10)2/h5-6H,3-4,7,13H2,1-2H3,(H,14,17)(H,16,18). The van der Waals surface area contributed by atoms with Crippen LogP contribution in [0.25, 0.3) is 0 Å². The first kappa shape index (κ1) is 14.0. The summed E-state index contributed by atoms with van der Waals surface area (Å²) in [6, 6.07) is 1.54. The van der Waals surface area contributed by atoms with Crippen molar-refractivity contribution in [3.8, 4) is 0 Å². The molecule has 1 rings (SSSR count). The maximum Gasteiger partial charge on any atom is 0.253 e. The van der Waals surface area contributed by atoms with Crippen LogP contribution in [-0.4, -0.2) is 29.9 Å². The monoisotopic (exact) mass is 250 g/mol. The fourth-order valence-electron chi connectivity index (χ4n) is 1.36. The molecule has 0 radical (unpaired) electrons. The van der Waals surface area contributed by atoms with Gasteiger partial charge in [-0.05, 0) is 19.4 Å². The van der Waals surface area contributed by atoms with Crippen molar-refractivity contribution in [2.75, 3.05) is 18.8 Å². The van der Waals surface area contributed by atoms with Crippen molar-refractivity contribution < 1.29 is 9.59 Å². The van der Waals surface area contributed by atoms with Gasteiger partial charge in [0, 0.05) is 6.54 Å². The minimum Gasteiger partial charge on any atom is -0.397 e. The number of nitrogens with one attached hydrogen (secondary N) is 2. The van der Waals surface area contributed by atoms with E-state index in [1.54, 1.807) is 13.0 Å². The highest BCUT2D eigenvalue weighted by Crippen LogP contribution is 2.08. The van der Waals surface area contributed by atoms with Gasteiger partial charge in [0.1, 0.15) is 0 Å². The van der Waals surface area contributed by atoms with E-state index >= 15 is 0 Å². The van der Waals surface area contributed by atoms with Crippen molar-refractivity contribution >= 4 is 17.5 Å². The first-order valence-corrected chi connectivity index (χ1v) is 5.81. The minimum atomic E-state index is -0.348. The number of nitrogen functional groups attached to an aromatic ring is 1. The topological polar surface area (TPSA) is 97.1 Å². The molecule has 0 fully saturated rings. The van der Waals surface area contributed by atoms with Crippen molar-refractivity contribution in [2.45, 2.75) is 20.3 Å². The van der Waals surface area contributed by atoms with Crippen LogP contribution in [0, 0.1) is 6.92 Å². The van der Waals surface area contributed by atoms with E-state index in [1.165, 1.54) is 6.20 Å². The fraction of sp³-hybridized carbons (Fsp3) is 0.417. The average Bonchev–Trinajstić information content (AvgIpc) is 2.36. The predicted molar refractivity (Wildman–Crippen MR) is 69.0 cm³/mol. The normalized spacial score (nSPS) is 9.89. The Bertz CT molecular complexity index is 446. The van der Waals surface area contributed by atoms with Crippen LogP contribution < -0.4 is 16.4 Å². The van der Waals surface area contributed by atoms with Crippen LogP contribution in [0.15, 0.2) is 12.3 Å². The molecule has 0 saturated heterocycles. The Morgan fingerprint density at radius 2 is 2.11 bits per heavy atom. The number of carbonyl (C=O) groups is 2. The molecular weight excluding hydrogens is 232 g/mol. The number of amides is 2. The summed E-state index contributed by atoms with van der Waals surface area (Å²) in [5, 5.41) is 5.20. The number of pyridine rings is 1. The molecule has 0 unspecified atom stereocenters. The molecule has 0 atom stereocenters. The lowest BCUT2D eigenvalue weighted by molar-refractivity contribution is -0.120. The second-order valence-electron chi connectivity index (χ2n) is 3.93. The Morgan fingerprint density at radius 3 is 2.78 bits per heavy atom. The zero-order chi connectivity index (χ0) is 13.5. The molecule has 98 valence electrons. The first-order chi connectivity index (χ1) is 8.54. The first-order valence-electron chi connectivity index (χ1n) is 5.81. The van der Waals surface area contributed by atoms with E-state index in [1.807, 2.05) is 6.92 Å². The molecule has 0 aliphatic carbocycles. The van der Waals surface area contributed by atoms with Gasteiger partial charge in [-0.2, -0.15) is 0 Å². The molecule has 6 nitrogen and oxygen atoms in total. The number of aromatic nitrogens is 1. The Morgan fingerprint density at radius 1 is 1.39 bits per heavy atom. The van der Waals surface area contributed by atoms with E-state index in [0.717, 1.165) is 6.42 Å². The SMILES string of the molecule is CCCNC(=O)CNC(=O)c1cc(N)cnc1C. The van der Waals surface area contributed by atoms with E-state index in [0.29, 0.717) is 23.5 Å². The molecule has 1 heterocycles. The van der Waals surface area contributed by atoms with Crippen LogP contribution in [0.1, 0.15) is 29.4 Å². The third-order valence-electron chi connectivity index (χ3n) is 2.33. The van der Waals surface area contributed by atoms with Crippen LogP contribution in [0.5, 0.6) is 0 Å². The van der Waals surface area contributed by atoms with Crippen LogP contribution >= 0.6 is 0 Å². The summed E-state index contributed by atoms with van der Waals surface area (Å²) >= 11 is 0. The van der Waals surface area contributed by atoms with Gasteiger partial charge in [0.2, 0.25) is 5.91 Å². The predicted octanol–water partition coefficient (Wildman–Crippen LogP) is 0.228. The number of aryl methyl sites for hydroxylation is 1. The highest BCUT2D eigenvalue weighted by Gasteiger charge is 2.11. The van der Waals surface area contributed by atoms with Crippen molar-refractivity contribution in [1.29, 1.82) is 0 Å². The number of nitrogens with zero attached hydrogens (tertiary/aromatic N) is 1. The lowest BCUT2D eigenvalue weighted by Gasteiger charge is -2.08. The Kier molecular flexibility index (Phi) is 5.10. The summed E-state index contributed by atoms with van der Waals surface area (Å²) in [6.07, 6.45) is 2.35. The summed E-state index contributed by atoms with van der Waals surface area (Å²) < 4.78 is 0. The quantitative estimate of drug-likeness (QED) is 0.696. The highest BCUT2D eigenvalue weighted by atomic mass is 16.2. The zero-order valence-electron chi connectivity index (χ0n) is 10.6. The van der Waals surface area contributed by atoms with E-state index < -0.39 is 0 Å². The molecule has 0 bridgehead atoms. The smallest absolute Gasteiger partial charge is 0.253 e. The van der Waals surface area contributed by atoms with Gasteiger partial charge >= 0.3 is 0 Å². The number of hydrogen-bond donors (Lipinski definition) is 3. The number of carbonyl (C=O) groups excluding carboxylic acids is 2. The molecule has 0 aromatic carbocycles. The molecule has 0 saturated carbocycles. The van der Waals surface area contributed by atoms with Crippen LogP contribution in [0.2, 0.25) is 0 Å². The Hall–Kier alpha value is -2.11. The Labute approximate surface area is 106 Å². The van der Waals surface area contributed by atoms with Gasteiger partial charge in [0.15, 0.2) is 0 Å². The molecule has 6 heteroatoms. The van der Waals surface area contributed by atoms with Gasteiger partial charge in [-0.15, -0.1) is 0 Å². The third kappa shape index (κ3) is 4.04. The van der Waals surface area contributed by atoms with Gasteiger partial charge in [0.05, 0.1) is 29.7 Å². The maximum absolute atomic E-state index is 11.8. The maximum atomic E-state index is 11.8. The van der Waals surface area contributed by atoms with E-state index in [9.17, 15) is 9.59 Å². The number of nitrogens with two attached hydrogens (primary N) is 1. The van der Waals surface area contributed by atoms with Crippen LogP contribution in [-0.2, 0) is 4.79 Å². The van der Waals surface area contributed by atoms with Gasteiger partial charge in [-0.1, -0.05) is 6.92 Å². The Balaban J connectivity index is 2.55. The molecule has 0 aliphatic rings. The molecule has 4 N–H and O–H groups in total. The minimum absolute atomic E-state index is 0.0485. The van der Waals surface area contributed by atoms with Gasteiger partial charge in [-0.25, -0.2) is 0 Å². The van der Waals surface area contributed by atoms with E-state index in [4.69, 9.17) is 5.73 Å². The fourth-order valence-corrected chi connectivity index (χ4v) is 1.36.